The minimum Gasteiger partial charge on any atom is -0.384 e. The first-order chi connectivity index (χ1) is 7.55. The average Bonchev–Trinajstić information content (AvgIpc) is 2.27. The first kappa shape index (κ1) is 13.1. The van der Waals surface area contributed by atoms with Crippen molar-refractivity contribution in [1.29, 1.82) is 5.26 Å². The Kier molecular flexibility index (Phi) is 4.82. The number of nitrogens with one attached hydrogen (secondary N) is 1. The molecule has 0 amide bonds. The molecule has 0 aromatic heterocycles. The van der Waals surface area contributed by atoms with Crippen LogP contribution < -0.4 is 5.32 Å². The Bertz CT molecular complexity index is 380. The van der Waals surface area contributed by atoms with Crippen molar-refractivity contribution in [3.63, 3.8) is 0 Å². The lowest BCUT2D eigenvalue weighted by Crippen LogP contribution is -2.11. The second kappa shape index (κ2) is 5.91. The van der Waals surface area contributed by atoms with Crippen molar-refractivity contribution in [1.82, 2.24) is 0 Å². The molecule has 0 fully saturated rings. The lowest BCUT2D eigenvalue weighted by molar-refractivity contribution is 0.441. The first-order valence-electron chi connectivity index (χ1n) is 5.45. The minimum absolute atomic E-state index is 0.213. The monoisotopic (exact) mass is 280 g/mol. The summed E-state index contributed by atoms with van der Waals surface area (Å²) in [6, 6.07) is 10.4. The molecule has 0 aliphatic carbocycles. The van der Waals surface area contributed by atoms with Crippen LogP contribution in [-0.2, 0) is 0 Å². The molecular weight excluding hydrogens is 264 g/mol. The Labute approximate surface area is 106 Å². The summed E-state index contributed by atoms with van der Waals surface area (Å²) in [4.78, 5) is 0. The van der Waals surface area contributed by atoms with Gasteiger partial charge in [0, 0.05) is 16.7 Å². The zero-order valence-electron chi connectivity index (χ0n) is 9.76. The fraction of sp³-hybridized carbons (Fsp3) is 0.462. The Morgan fingerprint density at radius 1 is 1.38 bits per heavy atom. The van der Waals surface area contributed by atoms with Crippen molar-refractivity contribution in [2.45, 2.75) is 26.7 Å². The second-order valence-corrected chi connectivity index (χ2v) is 5.36. The van der Waals surface area contributed by atoms with Crippen LogP contribution in [0.5, 0.6) is 0 Å². The van der Waals surface area contributed by atoms with Crippen LogP contribution in [0.25, 0.3) is 0 Å². The fourth-order valence-corrected chi connectivity index (χ4v) is 1.84. The fourth-order valence-electron chi connectivity index (χ4n) is 1.41. The van der Waals surface area contributed by atoms with Gasteiger partial charge < -0.3 is 5.32 Å². The molecule has 0 atom stereocenters. The van der Waals surface area contributed by atoms with Gasteiger partial charge in [0.05, 0.1) is 11.5 Å². The molecule has 0 saturated heterocycles. The van der Waals surface area contributed by atoms with Crippen LogP contribution in [0.1, 0.15) is 26.7 Å². The van der Waals surface area contributed by atoms with E-state index in [0.29, 0.717) is 0 Å². The number of hydrogen-bond acceptors (Lipinski definition) is 2. The minimum atomic E-state index is -0.213. The summed E-state index contributed by atoms with van der Waals surface area (Å²) in [6.07, 6.45) is 1.92. The third-order valence-electron chi connectivity index (χ3n) is 2.47. The van der Waals surface area contributed by atoms with Crippen LogP contribution >= 0.6 is 15.9 Å². The van der Waals surface area contributed by atoms with E-state index >= 15 is 0 Å². The van der Waals surface area contributed by atoms with E-state index in [9.17, 15) is 0 Å². The van der Waals surface area contributed by atoms with Gasteiger partial charge in [-0.3, -0.25) is 0 Å². The Balaban J connectivity index is 2.33. The summed E-state index contributed by atoms with van der Waals surface area (Å²) in [5, 5.41) is 12.2. The summed E-state index contributed by atoms with van der Waals surface area (Å²) in [5.41, 5.74) is 0.896. The predicted octanol–water partition coefficient (Wildman–Crippen LogP) is 4.19. The zero-order valence-corrected chi connectivity index (χ0v) is 11.3. The number of hydrogen-bond donors (Lipinski definition) is 1. The molecule has 0 aliphatic heterocycles. The Morgan fingerprint density at radius 2 is 2.06 bits per heavy atom. The molecule has 0 saturated carbocycles. The van der Waals surface area contributed by atoms with Crippen molar-refractivity contribution in [3.05, 3.63) is 28.7 Å². The third kappa shape index (κ3) is 4.24. The Hall–Kier alpha value is -1.01. The van der Waals surface area contributed by atoms with E-state index < -0.39 is 0 Å². The molecular formula is C13H17BrN2. The van der Waals surface area contributed by atoms with E-state index in [2.05, 4.69) is 27.3 Å². The van der Waals surface area contributed by atoms with Crippen LogP contribution in [0, 0.1) is 16.7 Å². The van der Waals surface area contributed by atoms with Gasteiger partial charge in [0.1, 0.15) is 0 Å². The highest BCUT2D eigenvalue weighted by atomic mass is 79.9. The van der Waals surface area contributed by atoms with Crippen LogP contribution in [-0.4, -0.2) is 6.54 Å². The normalized spacial score (nSPS) is 10.9. The zero-order chi connectivity index (χ0) is 12.0. The van der Waals surface area contributed by atoms with Gasteiger partial charge in [-0.15, -0.1) is 0 Å². The van der Waals surface area contributed by atoms with Gasteiger partial charge in [-0.05, 0) is 54.8 Å². The van der Waals surface area contributed by atoms with Crippen molar-refractivity contribution in [3.8, 4) is 6.07 Å². The number of nitrogens with zero attached hydrogens (tertiary/aromatic N) is 1. The maximum Gasteiger partial charge on any atom is 0.0683 e. The van der Waals surface area contributed by atoms with E-state index in [-0.39, 0.29) is 5.41 Å². The number of halogens is 1. The van der Waals surface area contributed by atoms with Crippen molar-refractivity contribution >= 4 is 21.6 Å². The molecule has 16 heavy (non-hydrogen) atoms. The van der Waals surface area contributed by atoms with Gasteiger partial charge in [-0.25, -0.2) is 0 Å². The summed E-state index contributed by atoms with van der Waals surface area (Å²) in [7, 11) is 0. The quantitative estimate of drug-likeness (QED) is 0.821. The molecule has 0 bridgehead atoms. The number of para-hydroxylation sites is 1. The highest BCUT2D eigenvalue weighted by Gasteiger charge is 2.15. The number of rotatable bonds is 5. The van der Waals surface area contributed by atoms with Crippen LogP contribution in [0.15, 0.2) is 28.7 Å². The van der Waals surface area contributed by atoms with Gasteiger partial charge in [-0.2, -0.15) is 5.26 Å². The average molecular weight is 281 g/mol. The van der Waals surface area contributed by atoms with Gasteiger partial charge in [0.25, 0.3) is 0 Å². The van der Waals surface area contributed by atoms with Crippen LogP contribution in [0.4, 0.5) is 5.69 Å². The predicted molar refractivity (Wildman–Crippen MR) is 71.3 cm³/mol. The molecule has 1 rings (SSSR count). The van der Waals surface area contributed by atoms with Gasteiger partial charge in [0.15, 0.2) is 0 Å². The van der Waals surface area contributed by atoms with E-state index in [0.717, 1.165) is 29.5 Å². The number of nitriles is 1. The lowest BCUT2D eigenvalue weighted by atomic mass is 9.90. The SMILES string of the molecule is CC(C)(C#N)CCCNc1ccccc1Br. The summed E-state index contributed by atoms with van der Waals surface area (Å²) < 4.78 is 1.08. The maximum absolute atomic E-state index is 8.88. The molecule has 86 valence electrons. The van der Waals surface area contributed by atoms with Gasteiger partial charge >= 0.3 is 0 Å². The van der Waals surface area contributed by atoms with E-state index in [1.807, 2.05) is 38.1 Å². The maximum atomic E-state index is 8.88. The van der Waals surface area contributed by atoms with Crippen molar-refractivity contribution in [2.75, 3.05) is 11.9 Å². The highest BCUT2D eigenvalue weighted by molar-refractivity contribution is 9.10. The van der Waals surface area contributed by atoms with E-state index in [4.69, 9.17) is 5.26 Å². The van der Waals surface area contributed by atoms with E-state index in [1.165, 1.54) is 0 Å². The molecule has 0 radical (unpaired) electrons. The molecule has 1 aromatic rings. The summed E-state index contributed by atoms with van der Waals surface area (Å²) in [5.74, 6) is 0. The smallest absolute Gasteiger partial charge is 0.0683 e. The number of benzene rings is 1. The molecule has 0 unspecified atom stereocenters. The molecule has 0 heterocycles. The highest BCUT2D eigenvalue weighted by Crippen LogP contribution is 2.23. The topological polar surface area (TPSA) is 35.8 Å². The van der Waals surface area contributed by atoms with E-state index in [1.54, 1.807) is 0 Å². The number of anilines is 1. The molecule has 1 aromatic carbocycles. The standard InChI is InChI=1S/C13H17BrN2/c1-13(2,10-15)8-5-9-16-12-7-4-3-6-11(12)14/h3-4,6-7,16H,5,8-9H2,1-2H3. The molecule has 0 spiro atoms. The molecule has 0 aliphatic rings. The van der Waals surface area contributed by atoms with Crippen molar-refractivity contribution in [2.24, 2.45) is 5.41 Å². The third-order valence-corrected chi connectivity index (χ3v) is 3.16. The molecule has 1 N–H and O–H groups in total. The Morgan fingerprint density at radius 3 is 2.69 bits per heavy atom. The van der Waals surface area contributed by atoms with Crippen LogP contribution in [0.2, 0.25) is 0 Å². The van der Waals surface area contributed by atoms with Gasteiger partial charge in [0.2, 0.25) is 0 Å². The lowest BCUT2D eigenvalue weighted by Gasteiger charge is -2.15. The molecule has 2 nitrogen and oxygen atoms in total. The molecule has 3 heteroatoms. The largest absolute Gasteiger partial charge is 0.384 e. The summed E-state index contributed by atoms with van der Waals surface area (Å²) >= 11 is 3.49. The van der Waals surface area contributed by atoms with Crippen LogP contribution in [0.3, 0.4) is 0 Å². The second-order valence-electron chi connectivity index (χ2n) is 4.51. The first-order valence-corrected chi connectivity index (χ1v) is 6.24. The summed E-state index contributed by atoms with van der Waals surface area (Å²) in [6.45, 7) is 4.85. The van der Waals surface area contributed by atoms with Gasteiger partial charge in [-0.1, -0.05) is 12.1 Å². The van der Waals surface area contributed by atoms with Crippen molar-refractivity contribution < 1.29 is 0 Å².